The largest absolute Gasteiger partial charge is 0.486 e. The minimum absolute atomic E-state index is 0.0570. The molecule has 0 fully saturated rings. The number of nitrogens with zero attached hydrogens (tertiary/aromatic N) is 2. The van der Waals surface area contributed by atoms with Gasteiger partial charge >= 0.3 is 6.18 Å². The van der Waals surface area contributed by atoms with Crippen LogP contribution < -0.4 is 25.7 Å². The van der Waals surface area contributed by atoms with Crippen molar-refractivity contribution in [2.75, 3.05) is 18.5 Å². The number of ether oxygens (including phenoxy) is 2. The maximum atomic E-state index is 13.1. The molecule has 1 aliphatic rings. The van der Waals surface area contributed by atoms with Gasteiger partial charge in [-0.3, -0.25) is 19.0 Å². The van der Waals surface area contributed by atoms with Crippen molar-refractivity contribution in [2.24, 2.45) is 0 Å². The number of hydrogen-bond acceptors (Lipinski definition) is 7. The first-order valence-corrected chi connectivity index (χ1v) is 12.5. The topological polar surface area (TPSA) is 112 Å². The summed E-state index contributed by atoms with van der Waals surface area (Å²) < 4.78 is 51.4. The van der Waals surface area contributed by atoms with E-state index in [2.05, 4.69) is 15.6 Å². The SMILES string of the molecule is Cc1c(C(=O)NCC2COc3ccccc3O2)sc2ncn(CC(=O)Nc3cccc(C(F)(F)F)c3)c(=O)c12. The monoisotopic (exact) mass is 558 g/mol. The van der Waals surface area contributed by atoms with E-state index < -0.39 is 41.8 Å². The number of amides is 2. The molecule has 0 spiro atoms. The van der Waals surface area contributed by atoms with Crippen molar-refractivity contribution in [3.63, 3.8) is 0 Å². The van der Waals surface area contributed by atoms with Crippen molar-refractivity contribution >= 4 is 39.1 Å². The Balaban J connectivity index is 1.27. The molecule has 9 nitrogen and oxygen atoms in total. The second-order valence-electron chi connectivity index (χ2n) is 8.75. The molecule has 202 valence electrons. The van der Waals surface area contributed by atoms with E-state index in [4.69, 9.17) is 9.47 Å². The van der Waals surface area contributed by atoms with Crippen LogP contribution in [0.4, 0.5) is 18.9 Å². The number of carbonyl (C=O) groups is 2. The number of para-hydroxylation sites is 2. The highest BCUT2D eigenvalue weighted by molar-refractivity contribution is 7.20. The highest BCUT2D eigenvalue weighted by Crippen LogP contribution is 2.32. The van der Waals surface area contributed by atoms with Crippen LogP contribution in [0.1, 0.15) is 20.8 Å². The number of thiophene rings is 1. The summed E-state index contributed by atoms with van der Waals surface area (Å²) in [6, 6.07) is 11.4. The first kappa shape index (κ1) is 26.2. The Morgan fingerprint density at radius 3 is 2.69 bits per heavy atom. The van der Waals surface area contributed by atoms with E-state index in [1.165, 1.54) is 18.5 Å². The lowest BCUT2D eigenvalue weighted by Crippen LogP contribution is -2.40. The van der Waals surface area contributed by atoms with Crippen molar-refractivity contribution in [3.8, 4) is 11.5 Å². The quantitative estimate of drug-likeness (QED) is 0.370. The number of carbonyl (C=O) groups excluding carboxylic acids is 2. The lowest BCUT2D eigenvalue weighted by atomic mass is 10.2. The number of anilines is 1. The molecule has 2 aromatic heterocycles. The van der Waals surface area contributed by atoms with E-state index in [9.17, 15) is 27.6 Å². The Bertz CT molecular complexity index is 1630. The van der Waals surface area contributed by atoms with Gasteiger partial charge in [-0.1, -0.05) is 18.2 Å². The van der Waals surface area contributed by atoms with Gasteiger partial charge in [-0.15, -0.1) is 11.3 Å². The van der Waals surface area contributed by atoms with Crippen molar-refractivity contribution < 1.29 is 32.2 Å². The van der Waals surface area contributed by atoms with E-state index in [1.54, 1.807) is 19.1 Å². The van der Waals surface area contributed by atoms with Gasteiger partial charge in [0.25, 0.3) is 11.5 Å². The highest BCUT2D eigenvalue weighted by atomic mass is 32.1. The average molecular weight is 559 g/mol. The Morgan fingerprint density at radius 1 is 1.15 bits per heavy atom. The standard InChI is InChI=1S/C26H21F3N4O5S/c1-14-21-24(39-22(14)23(35)30-10-17-12-37-18-7-2-3-8-19(18)38-17)31-13-33(25(21)36)11-20(34)32-16-6-4-5-15(9-16)26(27,28)29/h2-9,13,17H,10-12H2,1H3,(H,30,35)(H,32,34). The molecule has 2 N–H and O–H groups in total. The number of nitrogens with one attached hydrogen (secondary N) is 2. The summed E-state index contributed by atoms with van der Waals surface area (Å²) in [6.45, 7) is 1.57. The number of fused-ring (bicyclic) bond motifs is 2. The van der Waals surface area contributed by atoms with Crippen LogP contribution in [0.25, 0.3) is 10.2 Å². The van der Waals surface area contributed by atoms with Gasteiger partial charge in [0.2, 0.25) is 5.91 Å². The maximum absolute atomic E-state index is 13.1. The molecule has 0 radical (unpaired) electrons. The molecule has 2 amide bonds. The fourth-order valence-corrected chi connectivity index (χ4v) is 5.12. The van der Waals surface area contributed by atoms with E-state index in [0.717, 1.165) is 28.0 Å². The van der Waals surface area contributed by atoms with E-state index in [-0.39, 0.29) is 29.1 Å². The van der Waals surface area contributed by atoms with Crippen LogP contribution in [-0.4, -0.2) is 40.6 Å². The number of benzene rings is 2. The van der Waals surface area contributed by atoms with Gasteiger partial charge in [-0.05, 0) is 42.8 Å². The molecule has 3 heterocycles. The predicted molar refractivity (Wildman–Crippen MR) is 137 cm³/mol. The van der Waals surface area contributed by atoms with Gasteiger partial charge in [0.05, 0.1) is 28.7 Å². The molecule has 0 saturated carbocycles. The Kier molecular flexibility index (Phi) is 7.00. The van der Waals surface area contributed by atoms with Gasteiger partial charge in [0.1, 0.15) is 24.1 Å². The molecule has 1 atom stereocenters. The van der Waals surface area contributed by atoms with Crippen LogP contribution in [0.15, 0.2) is 59.7 Å². The van der Waals surface area contributed by atoms with E-state index in [0.29, 0.717) is 21.9 Å². The van der Waals surface area contributed by atoms with Crippen molar-refractivity contribution in [1.29, 1.82) is 0 Å². The molecule has 0 aliphatic carbocycles. The molecular weight excluding hydrogens is 537 g/mol. The lowest BCUT2D eigenvalue weighted by molar-refractivity contribution is -0.137. The second-order valence-corrected chi connectivity index (χ2v) is 9.75. The summed E-state index contributed by atoms with van der Waals surface area (Å²) in [6.07, 6.45) is -3.79. The van der Waals surface area contributed by atoms with Crippen LogP contribution in [0.2, 0.25) is 0 Å². The zero-order valence-electron chi connectivity index (χ0n) is 20.4. The van der Waals surface area contributed by atoms with Crippen LogP contribution in [0, 0.1) is 6.92 Å². The summed E-state index contributed by atoms with van der Waals surface area (Å²) in [5.41, 5.74) is -1.11. The number of halogens is 3. The number of hydrogen-bond donors (Lipinski definition) is 2. The zero-order chi connectivity index (χ0) is 27.7. The normalized spacial score (nSPS) is 14.7. The molecule has 5 rings (SSSR count). The number of aromatic nitrogens is 2. The van der Waals surface area contributed by atoms with E-state index >= 15 is 0 Å². The zero-order valence-corrected chi connectivity index (χ0v) is 21.2. The van der Waals surface area contributed by atoms with Crippen molar-refractivity contribution in [2.45, 2.75) is 25.7 Å². The number of alkyl halides is 3. The molecule has 13 heteroatoms. The molecule has 1 aliphatic heterocycles. The number of aryl methyl sites for hydroxylation is 1. The van der Waals surface area contributed by atoms with Gasteiger partial charge < -0.3 is 20.1 Å². The molecule has 0 saturated heterocycles. The minimum atomic E-state index is -4.56. The smallest absolute Gasteiger partial charge is 0.416 e. The van der Waals surface area contributed by atoms with Crippen LogP contribution in [0.5, 0.6) is 11.5 Å². The molecule has 4 aromatic rings. The third-order valence-corrected chi connectivity index (χ3v) is 7.17. The second kappa shape index (κ2) is 10.4. The summed E-state index contributed by atoms with van der Waals surface area (Å²) >= 11 is 1.04. The third-order valence-electron chi connectivity index (χ3n) is 5.97. The van der Waals surface area contributed by atoms with Gasteiger partial charge in [0, 0.05) is 5.69 Å². The van der Waals surface area contributed by atoms with Gasteiger partial charge in [-0.2, -0.15) is 13.2 Å². The minimum Gasteiger partial charge on any atom is -0.486 e. The fraction of sp³-hybridized carbons (Fsp3) is 0.231. The van der Waals surface area contributed by atoms with Gasteiger partial charge in [-0.25, -0.2) is 4.98 Å². The van der Waals surface area contributed by atoms with Gasteiger partial charge in [0.15, 0.2) is 11.5 Å². The lowest BCUT2D eigenvalue weighted by Gasteiger charge is -2.26. The molecular formula is C26H21F3N4O5S. The number of rotatable bonds is 6. The average Bonchev–Trinajstić information content (AvgIpc) is 3.25. The van der Waals surface area contributed by atoms with Crippen LogP contribution >= 0.6 is 11.3 Å². The first-order valence-electron chi connectivity index (χ1n) is 11.7. The summed E-state index contributed by atoms with van der Waals surface area (Å²) in [5.74, 6) is 0.0973. The maximum Gasteiger partial charge on any atom is 0.416 e. The van der Waals surface area contributed by atoms with Crippen LogP contribution in [0.3, 0.4) is 0 Å². The Hall–Kier alpha value is -4.39. The fourth-order valence-electron chi connectivity index (χ4n) is 4.07. The predicted octanol–water partition coefficient (Wildman–Crippen LogP) is 3.99. The van der Waals surface area contributed by atoms with Crippen molar-refractivity contribution in [1.82, 2.24) is 14.9 Å². The molecule has 0 bridgehead atoms. The Labute approximate surface area is 223 Å². The first-order chi connectivity index (χ1) is 18.6. The van der Waals surface area contributed by atoms with Crippen LogP contribution in [-0.2, 0) is 17.5 Å². The third kappa shape index (κ3) is 5.58. The summed E-state index contributed by atoms with van der Waals surface area (Å²) in [7, 11) is 0. The molecule has 2 aromatic carbocycles. The summed E-state index contributed by atoms with van der Waals surface area (Å²) in [4.78, 5) is 43.3. The highest BCUT2D eigenvalue weighted by Gasteiger charge is 2.30. The summed E-state index contributed by atoms with van der Waals surface area (Å²) in [5, 5.41) is 5.34. The Morgan fingerprint density at radius 2 is 1.92 bits per heavy atom. The molecule has 1 unspecified atom stereocenters. The van der Waals surface area contributed by atoms with Crippen molar-refractivity contribution in [3.05, 3.63) is 81.2 Å². The molecule has 39 heavy (non-hydrogen) atoms. The van der Waals surface area contributed by atoms with E-state index in [1.807, 2.05) is 12.1 Å².